The van der Waals surface area contributed by atoms with Crippen LogP contribution in [0.4, 0.5) is 0 Å². The first-order valence-electron chi connectivity index (χ1n) is 5.27. The van der Waals surface area contributed by atoms with Crippen LogP contribution in [-0.4, -0.2) is 40.2 Å². The molecule has 1 N–H and O–H groups in total. The number of rotatable bonds is 5. The highest BCUT2D eigenvalue weighted by molar-refractivity contribution is 7.80. The molecule has 0 aliphatic heterocycles. The molecule has 1 aliphatic carbocycles. The van der Waals surface area contributed by atoms with E-state index in [1.54, 1.807) is 0 Å². The summed E-state index contributed by atoms with van der Waals surface area (Å²) in [6, 6.07) is 0.133. The molecule has 1 rings (SSSR count). The van der Waals surface area contributed by atoms with Crippen LogP contribution in [0, 0.1) is 0 Å². The molecule has 15 heavy (non-hydrogen) atoms. The molecule has 0 aromatic heterocycles. The molecule has 0 unspecified atom stereocenters. The number of aliphatic carboxylic acids is 1. The minimum absolute atomic E-state index is 0.0840. The number of carboxylic acid groups (broad SMARTS) is 1. The molecule has 0 bridgehead atoms. The summed E-state index contributed by atoms with van der Waals surface area (Å²) in [6.45, 7) is -0.169. The Balaban J connectivity index is 2.58. The first-order valence-corrected chi connectivity index (χ1v) is 5.90. The van der Waals surface area contributed by atoms with E-state index in [1.807, 2.05) is 0 Å². The van der Waals surface area contributed by atoms with Crippen molar-refractivity contribution in [1.82, 2.24) is 4.90 Å². The van der Waals surface area contributed by atoms with Crippen molar-refractivity contribution in [3.8, 4) is 0 Å². The van der Waals surface area contributed by atoms with Gasteiger partial charge in [-0.05, 0) is 18.6 Å². The van der Waals surface area contributed by atoms with Crippen LogP contribution >= 0.6 is 12.6 Å². The lowest BCUT2D eigenvalue weighted by molar-refractivity contribution is -0.146. The van der Waals surface area contributed by atoms with Crippen molar-refractivity contribution in [3.05, 3.63) is 0 Å². The number of thiol groups is 1. The molecule has 1 aliphatic rings. The average Bonchev–Trinajstić information content (AvgIpc) is 2.66. The van der Waals surface area contributed by atoms with E-state index >= 15 is 0 Å². The molecule has 0 radical (unpaired) electrons. The van der Waals surface area contributed by atoms with Crippen LogP contribution in [0.5, 0.6) is 0 Å². The highest BCUT2D eigenvalue weighted by Gasteiger charge is 2.27. The second-order valence-electron chi connectivity index (χ2n) is 3.83. The van der Waals surface area contributed by atoms with Gasteiger partial charge in [0.05, 0.1) is 0 Å². The lowest BCUT2D eigenvalue weighted by Crippen LogP contribution is -2.42. The molecular weight excluding hydrogens is 214 g/mol. The first kappa shape index (κ1) is 12.4. The molecule has 1 saturated carbocycles. The third kappa shape index (κ3) is 3.74. The second-order valence-corrected chi connectivity index (χ2v) is 4.27. The van der Waals surface area contributed by atoms with Crippen LogP contribution in [0.3, 0.4) is 0 Å². The molecule has 4 nitrogen and oxygen atoms in total. The Morgan fingerprint density at radius 1 is 1.33 bits per heavy atom. The molecule has 0 aromatic rings. The summed E-state index contributed by atoms with van der Waals surface area (Å²) in [5, 5.41) is 8.75. The Morgan fingerprint density at radius 2 is 1.93 bits per heavy atom. The number of amides is 1. The van der Waals surface area contributed by atoms with E-state index in [9.17, 15) is 9.59 Å². The van der Waals surface area contributed by atoms with Crippen molar-refractivity contribution >= 4 is 24.5 Å². The molecule has 1 amide bonds. The third-order valence-electron chi connectivity index (χ3n) is 2.72. The normalized spacial score (nSPS) is 16.6. The van der Waals surface area contributed by atoms with Crippen LogP contribution in [-0.2, 0) is 9.59 Å². The lowest BCUT2D eigenvalue weighted by atomic mass is 10.2. The van der Waals surface area contributed by atoms with E-state index in [1.165, 1.54) is 4.90 Å². The van der Waals surface area contributed by atoms with Crippen molar-refractivity contribution in [2.75, 3.05) is 12.3 Å². The standard InChI is InChI=1S/C10H17NO3S/c12-9(5-6-15)11(7-10(13)14)8-3-1-2-4-8/h8,15H,1-7H2,(H,13,14). The zero-order valence-corrected chi connectivity index (χ0v) is 9.58. The van der Waals surface area contributed by atoms with Crippen molar-refractivity contribution in [2.24, 2.45) is 0 Å². The van der Waals surface area contributed by atoms with Crippen molar-refractivity contribution < 1.29 is 14.7 Å². The maximum absolute atomic E-state index is 11.7. The summed E-state index contributed by atoms with van der Waals surface area (Å²) in [6.07, 6.45) is 4.38. The van der Waals surface area contributed by atoms with Gasteiger partial charge in [-0.2, -0.15) is 12.6 Å². The van der Waals surface area contributed by atoms with Gasteiger partial charge >= 0.3 is 5.97 Å². The summed E-state index contributed by atoms with van der Waals surface area (Å²) in [5.74, 6) is -0.546. The van der Waals surface area contributed by atoms with Gasteiger partial charge in [0.1, 0.15) is 6.54 Å². The van der Waals surface area contributed by atoms with Gasteiger partial charge in [0, 0.05) is 12.5 Å². The number of carbonyl (C=O) groups is 2. The van der Waals surface area contributed by atoms with Crippen LogP contribution in [0.15, 0.2) is 0 Å². The molecular formula is C10H17NO3S. The predicted octanol–water partition coefficient (Wildman–Crippen LogP) is 1.16. The van der Waals surface area contributed by atoms with Gasteiger partial charge < -0.3 is 10.0 Å². The van der Waals surface area contributed by atoms with Gasteiger partial charge in [0.15, 0.2) is 0 Å². The quantitative estimate of drug-likeness (QED) is 0.698. The predicted molar refractivity (Wildman–Crippen MR) is 60.1 cm³/mol. The van der Waals surface area contributed by atoms with Gasteiger partial charge in [0.25, 0.3) is 0 Å². The van der Waals surface area contributed by atoms with E-state index in [0.29, 0.717) is 12.2 Å². The molecule has 1 fully saturated rings. The molecule has 0 atom stereocenters. The Morgan fingerprint density at radius 3 is 2.40 bits per heavy atom. The zero-order valence-electron chi connectivity index (χ0n) is 8.69. The van der Waals surface area contributed by atoms with E-state index < -0.39 is 5.97 Å². The third-order valence-corrected chi connectivity index (χ3v) is 2.94. The highest BCUT2D eigenvalue weighted by atomic mass is 32.1. The zero-order chi connectivity index (χ0) is 11.3. The van der Waals surface area contributed by atoms with Gasteiger partial charge in [-0.25, -0.2) is 0 Å². The van der Waals surface area contributed by atoms with Crippen molar-refractivity contribution in [3.63, 3.8) is 0 Å². The van der Waals surface area contributed by atoms with Gasteiger partial charge in [-0.3, -0.25) is 9.59 Å². The van der Waals surface area contributed by atoms with E-state index in [-0.39, 0.29) is 18.5 Å². The van der Waals surface area contributed by atoms with Crippen LogP contribution in [0.2, 0.25) is 0 Å². The number of carboxylic acids is 1. The van der Waals surface area contributed by atoms with Crippen molar-refractivity contribution in [1.29, 1.82) is 0 Å². The minimum Gasteiger partial charge on any atom is -0.480 e. The molecule has 0 saturated heterocycles. The number of carbonyl (C=O) groups excluding carboxylic acids is 1. The Bertz CT molecular complexity index is 239. The van der Waals surface area contributed by atoms with Gasteiger partial charge in [-0.15, -0.1) is 0 Å². The Hall–Kier alpha value is -0.710. The van der Waals surface area contributed by atoms with E-state index in [2.05, 4.69) is 12.6 Å². The van der Waals surface area contributed by atoms with E-state index in [0.717, 1.165) is 25.7 Å². The molecule has 0 spiro atoms. The molecule has 86 valence electrons. The fourth-order valence-electron chi connectivity index (χ4n) is 2.02. The Labute approximate surface area is 95.1 Å². The summed E-state index contributed by atoms with van der Waals surface area (Å²) < 4.78 is 0. The average molecular weight is 231 g/mol. The summed E-state index contributed by atoms with van der Waals surface area (Å²) >= 11 is 3.99. The molecule has 0 heterocycles. The number of hydrogen-bond donors (Lipinski definition) is 2. The topological polar surface area (TPSA) is 57.6 Å². The number of hydrogen-bond acceptors (Lipinski definition) is 3. The maximum atomic E-state index is 11.7. The molecule has 0 aromatic carbocycles. The van der Waals surface area contributed by atoms with Gasteiger partial charge in [0.2, 0.25) is 5.91 Å². The summed E-state index contributed by atoms with van der Waals surface area (Å²) in [4.78, 5) is 23.8. The maximum Gasteiger partial charge on any atom is 0.323 e. The first-order chi connectivity index (χ1) is 7.15. The van der Waals surface area contributed by atoms with Crippen LogP contribution in [0.1, 0.15) is 32.1 Å². The van der Waals surface area contributed by atoms with E-state index in [4.69, 9.17) is 5.11 Å². The largest absolute Gasteiger partial charge is 0.480 e. The fraction of sp³-hybridized carbons (Fsp3) is 0.800. The Kier molecular flexibility index (Phi) is 4.94. The van der Waals surface area contributed by atoms with Crippen LogP contribution < -0.4 is 0 Å². The monoisotopic (exact) mass is 231 g/mol. The number of nitrogens with zero attached hydrogens (tertiary/aromatic N) is 1. The molecule has 5 heteroatoms. The fourth-order valence-corrected chi connectivity index (χ4v) is 2.21. The summed E-state index contributed by atoms with van der Waals surface area (Å²) in [5.41, 5.74) is 0. The van der Waals surface area contributed by atoms with Gasteiger partial charge in [-0.1, -0.05) is 12.8 Å². The van der Waals surface area contributed by atoms with Crippen molar-refractivity contribution in [2.45, 2.75) is 38.1 Å². The smallest absolute Gasteiger partial charge is 0.323 e. The SMILES string of the molecule is O=C(O)CN(C(=O)CCS)C1CCCC1. The van der Waals surface area contributed by atoms with Crippen LogP contribution in [0.25, 0.3) is 0 Å². The minimum atomic E-state index is -0.936. The second kappa shape index (κ2) is 6.00. The summed E-state index contributed by atoms with van der Waals surface area (Å²) in [7, 11) is 0. The lowest BCUT2D eigenvalue weighted by Gasteiger charge is -2.27. The highest BCUT2D eigenvalue weighted by Crippen LogP contribution is 2.23.